The first-order valence-corrected chi connectivity index (χ1v) is 8.61. The smallest absolute Gasteiger partial charge is 0.268 e. The number of H-pyrrole nitrogens is 1. The van der Waals surface area contributed by atoms with E-state index >= 15 is 0 Å². The third-order valence-corrected chi connectivity index (χ3v) is 5.07. The highest BCUT2D eigenvalue weighted by Gasteiger charge is 2.42. The van der Waals surface area contributed by atoms with E-state index in [0.717, 1.165) is 11.8 Å². The Labute approximate surface area is 145 Å². The van der Waals surface area contributed by atoms with Crippen LogP contribution >= 0.6 is 0 Å². The molecule has 2 N–H and O–H groups in total. The first-order chi connectivity index (χ1) is 12.1. The molecule has 3 unspecified atom stereocenters. The van der Waals surface area contributed by atoms with E-state index in [-0.39, 0.29) is 17.5 Å². The highest BCUT2D eigenvalue weighted by Crippen LogP contribution is 2.49. The molecule has 0 spiro atoms. The Morgan fingerprint density at radius 1 is 1.12 bits per heavy atom. The van der Waals surface area contributed by atoms with E-state index in [1.54, 1.807) is 12.1 Å². The molecule has 4 nitrogen and oxygen atoms in total. The average molecular weight is 332 g/mol. The summed E-state index contributed by atoms with van der Waals surface area (Å²) < 4.78 is 0. The van der Waals surface area contributed by atoms with Crippen molar-refractivity contribution in [2.75, 3.05) is 0 Å². The summed E-state index contributed by atoms with van der Waals surface area (Å²) in [6.45, 7) is 2.03. The second kappa shape index (κ2) is 6.20. The molecule has 1 aliphatic carbocycles. The van der Waals surface area contributed by atoms with Crippen LogP contribution in [0, 0.1) is 5.92 Å². The minimum atomic E-state index is -0.232. The third-order valence-electron chi connectivity index (χ3n) is 5.07. The number of carbonyl (C=O) groups is 1. The van der Waals surface area contributed by atoms with Crippen molar-refractivity contribution in [3.8, 4) is 0 Å². The number of hydrogen-bond acceptors (Lipinski definition) is 2. The molecule has 4 rings (SSSR count). The van der Waals surface area contributed by atoms with Gasteiger partial charge in [-0.3, -0.25) is 9.59 Å². The summed E-state index contributed by atoms with van der Waals surface area (Å²) in [4.78, 5) is 27.4. The predicted molar refractivity (Wildman–Crippen MR) is 98.8 cm³/mol. The fraction of sp³-hybridized carbons (Fsp3) is 0.238. The van der Waals surface area contributed by atoms with Crippen molar-refractivity contribution in [2.45, 2.75) is 25.3 Å². The summed E-state index contributed by atoms with van der Waals surface area (Å²) in [6.07, 6.45) is 1.08. The van der Waals surface area contributed by atoms with Crippen LogP contribution in [0.3, 0.4) is 0 Å². The maximum atomic E-state index is 12.5. The molecule has 4 heteroatoms. The van der Waals surface area contributed by atoms with Gasteiger partial charge in [-0.15, -0.1) is 0 Å². The second-order valence-electron chi connectivity index (χ2n) is 6.78. The van der Waals surface area contributed by atoms with Gasteiger partial charge in [-0.05, 0) is 48.3 Å². The zero-order chi connectivity index (χ0) is 17.4. The van der Waals surface area contributed by atoms with E-state index in [4.69, 9.17) is 0 Å². The second-order valence-corrected chi connectivity index (χ2v) is 6.78. The normalized spacial score (nSPS) is 20.2. The number of nitrogens with one attached hydrogen (secondary N) is 2. The van der Waals surface area contributed by atoms with Gasteiger partial charge in [0.1, 0.15) is 5.69 Å². The number of carbonyl (C=O) groups excluding carboxylic acids is 1. The lowest BCUT2D eigenvalue weighted by atomic mass is 10.1. The minimum Gasteiger partial charge on any atom is -0.348 e. The van der Waals surface area contributed by atoms with Crippen LogP contribution in [0.25, 0.3) is 10.8 Å². The van der Waals surface area contributed by atoms with E-state index in [9.17, 15) is 9.59 Å². The van der Waals surface area contributed by atoms with Crippen molar-refractivity contribution < 1.29 is 4.79 Å². The van der Waals surface area contributed by atoms with Crippen LogP contribution in [-0.2, 0) is 0 Å². The quantitative estimate of drug-likeness (QED) is 0.769. The lowest BCUT2D eigenvalue weighted by Crippen LogP contribution is -2.35. The van der Waals surface area contributed by atoms with E-state index < -0.39 is 0 Å². The van der Waals surface area contributed by atoms with E-state index in [0.29, 0.717) is 22.9 Å². The number of benzene rings is 2. The lowest BCUT2D eigenvalue weighted by Gasteiger charge is -2.14. The Hall–Kier alpha value is -2.88. The fourth-order valence-electron chi connectivity index (χ4n) is 3.58. The van der Waals surface area contributed by atoms with Gasteiger partial charge in [0.05, 0.1) is 0 Å². The Morgan fingerprint density at radius 2 is 1.84 bits per heavy atom. The summed E-state index contributed by atoms with van der Waals surface area (Å²) >= 11 is 0. The number of hydrogen-bond donors (Lipinski definition) is 2. The van der Waals surface area contributed by atoms with Gasteiger partial charge in [0, 0.05) is 11.4 Å². The van der Waals surface area contributed by atoms with Crippen molar-refractivity contribution in [3.05, 3.63) is 82.3 Å². The summed E-state index contributed by atoms with van der Waals surface area (Å²) in [5, 5.41) is 4.41. The van der Waals surface area contributed by atoms with Gasteiger partial charge in [0.2, 0.25) is 0 Å². The molecule has 0 saturated heterocycles. The zero-order valence-corrected chi connectivity index (χ0v) is 14.0. The summed E-state index contributed by atoms with van der Waals surface area (Å²) in [5.41, 5.74) is 1.41. The van der Waals surface area contributed by atoms with Crippen LogP contribution in [0.15, 0.2) is 65.5 Å². The van der Waals surface area contributed by atoms with Crippen LogP contribution in [-0.4, -0.2) is 16.9 Å². The summed E-state index contributed by atoms with van der Waals surface area (Å²) in [6, 6.07) is 19.5. The monoisotopic (exact) mass is 332 g/mol. The minimum absolute atomic E-state index is 0.0627. The molecule has 0 bridgehead atoms. The third kappa shape index (κ3) is 3.07. The SMILES string of the molecule is CC(NC(=O)c1cc2ccccc2c(=O)[nH]1)C1CC1c1ccccc1. The fourth-order valence-corrected chi connectivity index (χ4v) is 3.58. The molecule has 126 valence electrons. The number of aromatic amines is 1. The van der Waals surface area contributed by atoms with Crippen LogP contribution < -0.4 is 10.9 Å². The van der Waals surface area contributed by atoms with Gasteiger partial charge in [0.15, 0.2) is 0 Å². The summed E-state index contributed by atoms with van der Waals surface area (Å²) in [7, 11) is 0. The molecule has 1 amide bonds. The van der Waals surface area contributed by atoms with E-state index in [1.165, 1.54) is 5.56 Å². The number of fused-ring (bicyclic) bond motifs is 1. The lowest BCUT2D eigenvalue weighted by molar-refractivity contribution is 0.0930. The molecule has 0 aliphatic heterocycles. The predicted octanol–water partition coefficient (Wildman–Crippen LogP) is 3.45. The Balaban J connectivity index is 1.48. The summed E-state index contributed by atoms with van der Waals surface area (Å²) in [5.74, 6) is 0.722. The van der Waals surface area contributed by atoms with Crippen molar-refractivity contribution in [2.24, 2.45) is 5.92 Å². The molecule has 1 aromatic heterocycles. The van der Waals surface area contributed by atoms with Gasteiger partial charge < -0.3 is 10.3 Å². The van der Waals surface area contributed by atoms with Gasteiger partial charge >= 0.3 is 0 Å². The first-order valence-electron chi connectivity index (χ1n) is 8.61. The van der Waals surface area contributed by atoms with Crippen LogP contribution in [0.2, 0.25) is 0 Å². The molecule has 1 aliphatic rings. The van der Waals surface area contributed by atoms with E-state index in [1.807, 2.05) is 43.3 Å². The van der Waals surface area contributed by atoms with Crippen molar-refractivity contribution in [1.29, 1.82) is 0 Å². The molecule has 3 aromatic rings. The molecule has 1 heterocycles. The zero-order valence-electron chi connectivity index (χ0n) is 14.0. The number of pyridine rings is 1. The molecule has 1 saturated carbocycles. The molecular weight excluding hydrogens is 312 g/mol. The maximum Gasteiger partial charge on any atom is 0.268 e. The largest absolute Gasteiger partial charge is 0.348 e. The Bertz CT molecular complexity index is 978. The number of aromatic nitrogens is 1. The standard InChI is InChI=1S/C21H20N2O2/c1-13(17-12-18(17)14-7-3-2-4-8-14)22-21(25)19-11-15-9-5-6-10-16(15)20(24)23-19/h2-11,13,17-18H,12H2,1H3,(H,22,25)(H,23,24). The van der Waals surface area contributed by atoms with E-state index in [2.05, 4.69) is 22.4 Å². The Morgan fingerprint density at radius 3 is 2.64 bits per heavy atom. The highest BCUT2D eigenvalue weighted by atomic mass is 16.2. The van der Waals surface area contributed by atoms with Crippen molar-refractivity contribution in [1.82, 2.24) is 10.3 Å². The molecule has 2 aromatic carbocycles. The molecule has 1 fully saturated rings. The molecule has 3 atom stereocenters. The maximum absolute atomic E-state index is 12.5. The molecule has 0 radical (unpaired) electrons. The number of rotatable bonds is 4. The molecule has 25 heavy (non-hydrogen) atoms. The Kier molecular flexibility index (Phi) is 3.88. The topological polar surface area (TPSA) is 62.0 Å². The highest BCUT2D eigenvalue weighted by molar-refractivity contribution is 5.96. The van der Waals surface area contributed by atoms with Crippen LogP contribution in [0.1, 0.15) is 35.3 Å². The average Bonchev–Trinajstić information content (AvgIpc) is 3.43. The van der Waals surface area contributed by atoms with Crippen LogP contribution in [0.5, 0.6) is 0 Å². The molecular formula is C21H20N2O2. The number of amides is 1. The van der Waals surface area contributed by atoms with Crippen molar-refractivity contribution >= 4 is 16.7 Å². The van der Waals surface area contributed by atoms with Gasteiger partial charge in [-0.1, -0.05) is 48.5 Å². The van der Waals surface area contributed by atoms with Gasteiger partial charge in [-0.25, -0.2) is 0 Å². The van der Waals surface area contributed by atoms with Crippen molar-refractivity contribution in [3.63, 3.8) is 0 Å². The van der Waals surface area contributed by atoms with Gasteiger partial charge in [0.25, 0.3) is 11.5 Å². The van der Waals surface area contributed by atoms with Gasteiger partial charge in [-0.2, -0.15) is 0 Å². The first kappa shape index (κ1) is 15.6. The van der Waals surface area contributed by atoms with Crippen LogP contribution in [0.4, 0.5) is 0 Å².